The molecule has 1 aliphatic heterocycles. The van der Waals surface area contributed by atoms with Crippen molar-refractivity contribution in [2.75, 3.05) is 43.9 Å². The van der Waals surface area contributed by atoms with Crippen LogP contribution < -0.4 is 16.4 Å². The van der Waals surface area contributed by atoms with E-state index in [9.17, 15) is 18.3 Å². The Balaban J connectivity index is 1.56. The third-order valence-corrected chi connectivity index (χ3v) is 5.61. The van der Waals surface area contributed by atoms with Gasteiger partial charge in [0.1, 0.15) is 11.6 Å². The molecule has 1 fully saturated rings. The summed E-state index contributed by atoms with van der Waals surface area (Å²) in [6, 6.07) is 14.4. The van der Waals surface area contributed by atoms with Crippen molar-refractivity contribution in [2.24, 2.45) is 10.7 Å². The van der Waals surface area contributed by atoms with Gasteiger partial charge in [-0.15, -0.1) is 0 Å². The van der Waals surface area contributed by atoms with Crippen LogP contribution in [0.15, 0.2) is 59.6 Å². The molecule has 0 bridgehead atoms. The van der Waals surface area contributed by atoms with Gasteiger partial charge in [0.25, 0.3) is 5.95 Å². The van der Waals surface area contributed by atoms with E-state index >= 15 is 0 Å². The summed E-state index contributed by atoms with van der Waals surface area (Å²) in [7, 11) is 2.06. The van der Waals surface area contributed by atoms with Crippen molar-refractivity contribution in [3.8, 4) is 5.75 Å². The normalized spacial score (nSPS) is 15.6. The molecule has 3 aromatic rings. The van der Waals surface area contributed by atoms with Gasteiger partial charge in [0, 0.05) is 55.7 Å². The van der Waals surface area contributed by atoms with Gasteiger partial charge in [-0.3, -0.25) is 4.90 Å². The molecule has 0 aliphatic carbocycles. The molecule has 9 nitrogen and oxygen atoms in total. The maximum absolute atomic E-state index is 13.5. The number of guanidine groups is 1. The average molecular weight is 501 g/mol. The lowest BCUT2D eigenvalue weighted by atomic mass is 10.1. The number of aliphatic imine (C=N–C) groups is 1. The summed E-state index contributed by atoms with van der Waals surface area (Å²) in [6.07, 6.45) is -4.72. The first kappa shape index (κ1) is 25.2. The first-order chi connectivity index (χ1) is 17.2. The predicted molar refractivity (Wildman–Crippen MR) is 133 cm³/mol. The molecule has 1 saturated heterocycles. The molecule has 2 aromatic carbocycles. The van der Waals surface area contributed by atoms with Crippen LogP contribution in [0.2, 0.25) is 0 Å². The fourth-order valence-electron chi connectivity index (χ4n) is 3.68. The van der Waals surface area contributed by atoms with Crippen molar-refractivity contribution in [3.05, 3.63) is 65.9 Å². The van der Waals surface area contributed by atoms with E-state index < -0.39 is 17.8 Å². The average Bonchev–Trinajstić information content (AvgIpc) is 2.82. The van der Waals surface area contributed by atoms with Gasteiger partial charge in [-0.2, -0.15) is 23.1 Å². The molecule has 0 unspecified atom stereocenters. The van der Waals surface area contributed by atoms with Crippen LogP contribution in [0.3, 0.4) is 0 Å². The number of alkyl halides is 3. The minimum Gasteiger partial charge on any atom is -0.508 e. The predicted octanol–water partition coefficient (Wildman–Crippen LogP) is 3.75. The largest absolute Gasteiger partial charge is 0.508 e. The first-order valence-corrected chi connectivity index (χ1v) is 11.3. The summed E-state index contributed by atoms with van der Waals surface area (Å²) in [5.74, 6) is -0.613. The van der Waals surface area contributed by atoms with Crippen molar-refractivity contribution in [1.29, 1.82) is 0 Å². The molecular formula is C24H27F3N8O. The van der Waals surface area contributed by atoms with Gasteiger partial charge in [-0.05, 0) is 37.4 Å². The van der Waals surface area contributed by atoms with Crippen molar-refractivity contribution in [1.82, 2.24) is 19.8 Å². The van der Waals surface area contributed by atoms with Gasteiger partial charge in [0.2, 0.25) is 5.96 Å². The Morgan fingerprint density at radius 1 is 1.03 bits per heavy atom. The number of anilines is 3. The lowest BCUT2D eigenvalue weighted by Crippen LogP contribution is -2.43. The SMILES string of the molecule is CN1CCN(Cc2cc(Nc3cc(C(F)(F)F)nc(/N=C(\N)Nc4ccccc4)n3)ccc2O)CC1. The number of hydrogen-bond donors (Lipinski definition) is 4. The number of nitrogens with one attached hydrogen (secondary N) is 2. The summed E-state index contributed by atoms with van der Waals surface area (Å²) in [4.78, 5) is 16.0. The molecule has 5 N–H and O–H groups in total. The van der Waals surface area contributed by atoms with E-state index in [0.29, 0.717) is 23.5 Å². The third-order valence-electron chi connectivity index (χ3n) is 5.61. The Morgan fingerprint density at radius 2 is 1.75 bits per heavy atom. The zero-order valence-electron chi connectivity index (χ0n) is 19.6. The second-order valence-corrected chi connectivity index (χ2v) is 8.47. The number of benzene rings is 2. The number of nitrogens with zero attached hydrogens (tertiary/aromatic N) is 5. The highest BCUT2D eigenvalue weighted by Crippen LogP contribution is 2.32. The number of para-hydroxylation sites is 1. The smallest absolute Gasteiger partial charge is 0.433 e. The minimum absolute atomic E-state index is 0.111. The van der Waals surface area contributed by atoms with E-state index in [1.807, 2.05) is 6.07 Å². The molecule has 190 valence electrons. The Kier molecular flexibility index (Phi) is 7.55. The topological polar surface area (TPSA) is 115 Å². The lowest BCUT2D eigenvalue weighted by Gasteiger charge is -2.32. The van der Waals surface area contributed by atoms with Crippen LogP contribution in [-0.2, 0) is 12.7 Å². The standard InChI is InChI=1S/C24H27F3N8O/c1-34-9-11-35(12-10-34)15-16-13-18(7-8-19(16)36)29-21-14-20(24(25,26)27)31-23(32-21)33-22(28)30-17-5-3-2-4-6-17/h2-8,13-14,36H,9-12,15H2,1H3,(H4,28,29,30,31,32,33). The summed E-state index contributed by atoms with van der Waals surface area (Å²) < 4.78 is 40.6. The zero-order chi connectivity index (χ0) is 25.7. The summed E-state index contributed by atoms with van der Waals surface area (Å²) in [6.45, 7) is 4.07. The molecule has 0 radical (unpaired) electrons. The first-order valence-electron chi connectivity index (χ1n) is 11.3. The van der Waals surface area contributed by atoms with E-state index in [4.69, 9.17) is 5.73 Å². The minimum atomic E-state index is -4.72. The van der Waals surface area contributed by atoms with Crippen LogP contribution in [0, 0.1) is 0 Å². The Bertz CT molecular complexity index is 1210. The monoisotopic (exact) mass is 500 g/mol. The highest BCUT2D eigenvalue weighted by Gasteiger charge is 2.34. The van der Waals surface area contributed by atoms with Gasteiger partial charge < -0.3 is 26.4 Å². The summed E-state index contributed by atoms with van der Waals surface area (Å²) in [5.41, 5.74) is 6.43. The van der Waals surface area contributed by atoms with Crippen LogP contribution in [0.4, 0.5) is 36.3 Å². The molecule has 2 heterocycles. The van der Waals surface area contributed by atoms with Gasteiger partial charge in [0.15, 0.2) is 5.69 Å². The fraction of sp³-hybridized carbons (Fsp3) is 0.292. The van der Waals surface area contributed by atoms with Crippen LogP contribution in [0.1, 0.15) is 11.3 Å². The number of halogens is 3. The third kappa shape index (κ3) is 6.83. The maximum Gasteiger partial charge on any atom is 0.433 e. The number of aromatic nitrogens is 2. The highest BCUT2D eigenvalue weighted by molar-refractivity contribution is 5.93. The van der Waals surface area contributed by atoms with Crippen molar-refractivity contribution in [2.45, 2.75) is 12.7 Å². The molecule has 36 heavy (non-hydrogen) atoms. The quantitative estimate of drug-likeness (QED) is 0.230. The van der Waals surface area contributed by atoms with Gasteiger partial charge in [-0.25, -0.2) is 4.98 Å². The molecule has 1 aliphatic rings. The number of nitrogens with two attached hydrogens (primary N) is 1. The van der Waals surface area contributed by atoms with Crippen LogP contribution in [0.25, 0.3) is 0 Å². The molecule has 12 heteroatoms. The van der Waals surface area contributed by atoms with Crippen molar-refractivity contribution < 1.29 is 18.3 Å². The van der Waals surface area contributed by atoms with Crippen LogP contribution >= 0.6 is 0 Å². The van der Waals surface area contributed by atoms with E-state index in [-0.39, 0.29) is 17.5 Å². The summed E-state index contributed by atoms with van der Waals surface area (Å²) >= 11 is 0. The van der Waals surface area contributed by atoms with E-state index in [1.165, 1.54) is 6.07 Å². The number of phenolic OH excluding ortho intramolecular Hbond substituents is 1. The summed E-state index contributed by atoms with van der Waals surface area (Å²) in [5, 5.41) is 16.0. The highest BCUT2D eigenvalue weighted by atomic mass is 19.4. The van der Waals surface area contributed by atoms with Crippen LogP contribution in [-0.4, -0.2) is 64.1 Å². The molecular weight excluding hydrogens is 473 g/mol. The van der Waals surface area contributed by atoms with Gasteiger partial charge in [-0.1, -0.05) is 18.2 Å². The fourth-order valence-corrected chi connectivity index (χ4v) is 3.68. The number of likely N-dealkylation sites (N-methyl/N-ethyl adjacent to an activating group) is 1. The molecule has 1 aromatic heterocycles. The molecule has 0 saturated carbocycles. The zero-order valence-corrected chi connectivity index (χ0v) is 19.6. The van der Waals surface area contributed by atoms with Crippen LogP contribution in [0.5, 0.6) is 5.75 Å². The van der Waals surface area contributed by atoms with Crippen molar-refractivity contribution >= 4 is 29.1 Å². The Morgan fingerprint density at radius 3 is 2.44 bits per heavy atom. The number of aromatic hydroxyl groups is 1. The lowest BCUT2D eigenvalue weighted by molar-refractivity contribution is -0.141. The number of piperazine rings is 1. The van der Waals surface area contributed by atoms with E-state index in [1.54, 1.807) is 36.4 Å². The Labute approximate surface area is 206 Å². The molecule has 0 atom stereocenters. The second kappa shape index (κ2) is 10.8. The van der Waals surface area contributed by atoms with Gasteiger partial charge in [0.05, 0.1) is 0 Å². The molecule has 4 rings (SSSR count). The number of hydrogen-bond acceptors (Lipinski definition) is 7. The van der Waals surface area contributed by atoms with E-state index in [0.717, 1.165) is 32.2 Å². The van der Waals surface area contributed by atoms with Gasteiger partial charge >= 0.3 is 6.18 Å². The number of phenols is 1. The van der Waals surface area contributed by atoms with Crippen molar-refractivity contribution in [3.63, 3.8) is 0 Å². The molecule has 0 spiro atoms. The van der Waals surface area contributed by atoms with E-state index in [2.05, 4.69) is 42.4 Å². The number of rotatable bonds is 6. The second-order valence-electron chi connectivity index (χ2n) is 8.47. The Hall–Kier alpha value is -3.90. The maximum atomic E-state index is 13.5. The molecule has 0 amide bonds.